The minimum Gasteiger partial charge on any atom is -0.468 e. The van der Waals surface area contributed by atoms with Gasteiger partial charge in [0.25, 0.3) is 0 Å². The Labute approximate surface area is 113 Å². The summed E-state index contributed by atoms with van der Waals surface area (Å²) in [5.74, 6) is -0.978. The Balaban J connectivity index is 2.47. The van der Waals surface area contributed by atoms with Gasteiger partial charge in [-0.1, -0.05) is 24.3 Å². The minimum absolute atomic E-state index is 0.0701. The van der Waals surface area contributed by atoms with E-state index >= 15 is 0 Å². The minimum atomic E-state index is -1.17. The second kappa shape index (κ2) is 5.19. The quantitative estimate of drug-likeness (QED) is 0.436. The van der Waals surface area contributed by atoms with Gasteiger partial charge in [0.2, 0.25) is 0 Å². The van der Waals surface area contributed by atoms with Crippen LogP contribution in [0.4, 0.5) is 0 Å². The van der Waals surface area contributed by atoms with Gasteiger partial charge in [-0.05, 0) is 31.6 Å². The summed E-state index contributed by atoms with van der Waals surface area (Å²) in [5.41, 5.74) is -0.0792. The molecule has 2 aliphatic rings. The van der Waals surface area contributed by atoms with Crippen molar-refractivity contribution >= 4 is 11.9 Å². The van der Waals surface area contributed by atoms with Crippen LogP contribution in [0.1, 0.15) is 25.7 Å². The fourth-order valence-electron chi connectivity index (χ4n) is 3.47. The second-order valence-corrected chi connectivity index (χ2v) is 5.25. The van der Waals surface area contributed by atoms with Crippen molar-refractivity contribution in [1.82, 2.24) is 0 Å². The molecule has 0 saturated heterocycles. The van der Waals surface area contributed by atoms with Gasteiger partial charge >= 0.3 is 11.9 Å². The molecule has 104 valence electrons. The summed E-state index contributed by atoms with van der Waals surface area (Å²) in [6, 6.07) is 0. The Kier molecular flexibility index (Phi) is 3.78. The molecule has 0 aromatic heterocycles. The molecule has 0 unspecified atom stereocenters. The summed E-state index contributed by atoms with van der Waals surface area (Å²) in [6.45, 7) is 4.08. The first-order chi connectivity index (χ1) is 9.07. The molecule has 2 aliphatic carbocycles. The molecule has 1 fully saturated rings. The zero-order chi connectivity index (χ0) is 14.0. The Hall–Kier alpha value is -1.58. The molecule has 0 N–H and O–H groups in total. The molecular formula is C15H20O4. The van der Waals surface area contributed by atoms with Crippen molar-refractivity contribution in [2.75, 3.05) is 14.2 Å². The third-order valence-electron chi connectivity index (χ3n) is 4.47. The summed E-state index contributed by atoms with van der Waals surface area (Å²) >= 11 is 0. The lowest BCUT2D eigenvalue weighted by Gasteiger charge is -2.45. The Morgan fingerprint density at radius 2 is 1.95 bits per heavy atom. The summed E-state index contributed by atoms with van der Waals surface area (Å²) in [4.78, 5) is 24.5. The molecule has 0 bridgehead atoms. The van der Waals surface area contributed by atoms with Gasteiger partial charge in [-0.15, -0.1) is 0 Å². The van der Waals surface area contributed by atoms with Gasteiger partial charge in [0, 0.05) is 5.92 Å². The maximum atomic E-state index is 12.3. The molecule has 0 aromatic carbocycles. The maximum absolute atomic E-state index is 12.3. The van der Waals surface area contributed by atoms with Gasteiger partial charge in [0.15, 0.2) is 5.41 Å². The Morgan fingerprint density at radius 3 is 2.53 bits per heavy atom. The van der Waals surface area contributed by atoms with Crippen LogP contribution in [-0.4, -0.2) is 26.2 Å². The molecule has 0 radical (unpaired) electrons. The van der Waals surface area contributed by atoms with E-state index < -0.39 is 17.4 Å². The zero-order valence-corrected chi connectivity index (χ0v) is 11.5. The van der Waals surface area contributed by atoms with Crippen LogP contribution < -0.4 is 0 Å². The number of hydrogen-bond donors (Lipinski definition) is 0. The molecule has 0 heterocycles. The van der Waals surface area contributed by atoms with Gasteiger partial charge in [0.1, 0.15) is 0 Å². The average molecular weight is 264 g/mol. The fourth-order valence-corrected chi connectivity index (χ4v) is 3.47. The van der Waals surface area contributed by atoms with Crippen LogP contribution >= 0.6 is 0 Å². The van der Waals surface area contributed by atoms with E-state index in [-0.39, 0.29) is 11.8 Å². The molecule has 2 atom stereocenters. The van der Waals surface area contributed by atoms with Crippen LogP contribution in [0, 0.1) is 17.3 Å². The number of rotatable bonds is 2. The monoisotopic (exact) mass is 264 g/mol. The first-order valence-corrected chi connectivity index (χ1v) is 6.59. The summed E-state index contributed by atoms with van der Waals surface area (Å²) in [6.07, 6.45) is 6.89. The second-order valence-electron chi connectivity index (χ2n) is 5.25. The molecule has 1 saturated carbocycles. The first-order valence-electron chi connectivity index (χ1n) is 6.59. The molecule has 0 aliphatic heterocycles. The van der Waals surface area contributed by atoms with Crippen molar-refractivity contribution in [2.24, 2.45) is 17.3 Å². The largest absolute Gasteiger partial charge is 0.468 e. The van der Waals surface area contributed by atoms with Gasteiger partial charge in [0.05, 0.1) is 14.2 Å². The number of methoxy groups -OCH3 is 2. The molecule has 4 heteroatoms. The Bertz CT molecular complexity index is 419. The van der Waals surface area contributed by atoms with E-state index in [0.29, 0.717) is 12.8 Å². The summed E-state index contributed by atoms with van der Waals surface area (Å²) < 4.78 is 9.81. The van der Waals surface area contributed by atoms with Crippen molar-refractivity contribution in [3.8, 4) is 0 Å². The highest BCUT2D eigenvalue weighted by Crippen LogP contribution is 2.52. The lowest BCUT2D eigenvalue weighted by atomic mass is 9.57. The molecule has 0 spiro atoms. The van der Waals surface area contributed by atoms with E-state index in [0.717, 1.165) is 18.4 Å². The van der Waals surface area contributed by atoms with Crippen molar-refractivity contribution in [3.05, 3.63) is 24.3 Å². The van der Waals surface area contributed by atoms with E-state index in [4.69, 9.17) is 9.47 Å². The molecule has 4 nitrogen and oxygen atoms in total. The van der Waals surface area contributed by atoms with Crippen LogP contribution in [0.15, 0.2) is 24.3 Å². The smallest absolute Gasteiger partial charge is 0.323 e. The lowest BCUT2D eigenvalue weighted by molar-refractivity contribution is -0.177. The van der Waals surface area contributed by atoms with E-state index in [1.165, 1.54) is 14.2 Å². The highest BCUT2D eigenvalue weighted by Gasteiger charge is 2.58. The highest BCUT2D eigenvalue weighted by atomic mass is 16.5. The van der Waals surface area contributed by atoms with E-state index in [1.807, 2.05) is 0 Å². The normalized spacial score (nSPS) is 28.4. The van der Waals surface area contributed by atoms with E-state index in [1.54, 1.807) is 0 Å². The number of fused-ring (bicyclic) bond motifs is 1. The number of hydrogen-bond acceptors (Lipinski definition) is 4. The Morgan fingerprint density at radius 1 is 1.32 bits per heavy atom. The van der Waals surface area contributed by atoms with E-state index in [2.05, 4.69) is 18.7 Å². The van der Waals surface area contributed by atoms with Crippen molar-refractivity contribution < 1.29 is 19.1 Å². The van der Waals surface area contributed by atoms with Gasteiger partial charge in [-0.3, -0.25) is 9.59 Å². The molecule has 2 rings (SSSR count). The molecule has 19 heavy (non-hydrogen) atoms. The standard InChI is InChI=1S/C15H20O4/c1-10-8-9-15(13(16)18-2,14(17)19-3)12-7-5-4-6-11(10)12/h4,6,11-12H,1,5,7-9H2,2-3H3/t11-,12+/m1/s1. The third-order valence-corrected chi connectivity index (χ3v) is 4.47. The number of allylic oxidation sites excluding steroid dienone is 3. The number of esters is 2. The van der Waals surface area contributed by atoms with Crippen molar-refractivity contribution in [3.63, 3.8) is 0 Å². The van der Waals surface area contributed by atoms with E-state index in [9.17, 15) is 9.59 Å². The zero-order valence-electron chi connectivity index (χ0n) is 11.5. The summed E-state index contributed by atoms with van der Waals surface area (Å²) in [5, 5.41) is 0. The average Bonchev–Trinajstić information content (AvgIpc) is 2.47. The lowest BCUT2D eigenvalue weighted by Crippen LogP contribution is -2.52. The number of carbonyl (C=O) groups is 2. The fraction of sp³-hybridized carbons (Fsp3) is 0.600. The van der Waals surface area contributed by atoms with Crippen LogP contribution in [0.2, 0.25) is 0 Å². The molecular weight excluding hydrogens is 244 g/mol. The van der Waals surface area contributed by atoms with Gasteiger partial charge in [-0.25, -0.2) is 0 Å². The van der Waals surface area contributed by atoms with Crippen molar-refractivity contribution in [2.45, 2.75) is 25.7 Å². The molecule has 0 amide bonds. The SMILES string of the molecule is C=C1CCC(C(=O)OC)(C(=O)OC)[C@H]2CCC=C[C@H]12. The molecule has 0 aromatic rings. The van der Waals surface area contributed by atoms with Gasteiger partial charge in [-0.2, -0.15) is 0 Å². The third kappa shape index (κ3) is 1.99. The van der Waals surface area contributed by atoms with Crippen LogP contribution in [0.5, 0.6) is 0 Å². The first kappa shape index (κ1) is 13.8. The summed E-state index contributed by atoms with van der Waals surface area (Å²) in [7, 11) is 2.65. The van der Waals surface area contributed by atoms with Crippen LogP contribution in [0.3, 0.4) is 0 Å². The predicted molar refractivity (Wildman–Crippen MR) is 70.2 cm³/mol. The van der Waals surface area contributed by atoms with Crippen molar-refractivity contribution in [1.29, 1.82) is 0 Å². The van der Waals surface area contributed by atoms with Gasteiger partial charge < -0.3 is 9.47 Å². The maximum Gasteiger partial charge on any atom is 0.323 e. The highest BCUT2D eigenvalue weighted by molar-refractivity contribution is 6.00. The predicted octanol–water partition coefficient (Wildman–Crippen LogP) is 2.25. The topological polar surface area (TPSA) is 52.6 Å². The number of ether oxygens (including phenoxy) is 2. The van der Waals surface area contributed by atoms with Crippen LogP contribution in [0.25, 0.3) is 0 Å². The number of carbonyl (C=O) groups excluding carboxylic acids is 2. The van der Waals surface area contributed by atoms with Crippen LogP contribution in [-0.2, 0) is 19.1 Å².